The SMILES string of the molecule is CN(CCc1ccc(C#N)cc1)c1cc(N2CCCCC2)ncn1. The molecule has 0 saturated carbocycles. The molecule has 0 aliphatic carbocycles. The smallest absolute Gasteiger partial charge is 0.134 e. The lowest BCUT2D eigenvalue weighted by atomic mass is 10.1. The van der Waals surface area contributed by atoms with E-state index in [4.69, 9.17) is 5.26 Å². The summed E-state index contributed by atoms with van der Waals surface area (Å²) in [6.45, 7) is 3.05. The van der Waals surface area contributed by atoms with Gasteiger partial charge in [-0.3, -0.25) is 0 Å². The van der Waals surface area contributed by atoms with Gasteiger partial charge in [0.2, 0.25) is 0 Å². The monoisotopic (exact) mass is 321 g/mol. The summed E-state index contributed by atoms with van der Waals surface area (Å²) >= 11 is 0. The molecule has 0 spiro atoms. The molecule has 124 valence electrons. The van der Waals surface area contributed by atoms with Crippen LogP contribution < -0.4 is 9.80 Å². The molecule has 0 N–H and O–H groups in total. The normalized spacial score (nSPS) is 14.2. The molecule has 2 heterocycles. The Balaban J connectivity index is 1.61. The number of hydrogen-bond donors (Lipinski definition) is 0. The zero-order valence-electron chi connectivity index (χ0n) is 14.1. The van der Waals surface area contributed by atoms with Gasteiger partial charge in [-0.1, -0.05) is 12.1 Å². The Morgan fingerprint density at radius 3 is 2.58 bits per heavy atom. The highest BCUT2D eigenvalue weighted by Gasteiger charge is 2.13. The van der Waals surface area contributed by atoms with Crippen LogP contribution in [0.3, 0.4) is 0 Å². The second-order valence-corrected chi connectivity index (χ2v) is 6.26. The van der Waals surface area contributed by atoms with Crippen LogP contribution in [0, 0.1) is 11.3 Å². The van der Waals surface area contributed by atoms with E-state index in [9.17, 15) is 0 Å². The number of anilines is 2. The van der Waals surface area contributed by atoms with Crippen molar-refractivity contribution in [2.75, 3.05) is 36.5 Å². The van der Waals surface area contributed by atoms with Gasteiger partial charge in [0.05, 0.1) is 11.6 Å². The summed E-state index contributed by atoms with van der Waals surface area (Å²) < 4.78 is 0. The van der Waals surface area contributed by atoms with Gasteiger partial charge in [-0.15, -0.1) is 0 Å². The number of hydrogen-bond acceptors (Lipinski definition) is 5. The highest BCUT2D eigenvalue weighted by atomic mass is 15.2. The van der Waals surface area contributed by atoms with E-state index in [1.807, 2.05) is 24.3 Å². The summed E-state index contributed by atoms with van der Waals surface area (Å²) in [4.78, 5) is 13.4. The van der Waals surface area contributed by atoms with E-state index in [1.165, 1.54) is 24.8 Å². The molecular formula is C19H23N5. The summed E-state index contributed by atoms with van der Waals surface area (Å²) in [6.07, 6.45) is 6.39. The van der Waals surface area contributed by atoms with Crippen molar-refractivity contribution >= 4 is 11.6 Å². The molecule has 1 aromatic heterocycles. The summed E-state index contributed by atoms with van der Waals surface area (Å²) in [5, 5.41) is 8.85. The van der Waals surface area contributed by atoms with E-state index >= 15 is 0 Å². The molecule has 5 nitrogen and oxygen atoms in total. The molecule has 2 aromatic rings. The molecule has 1 aliphatic heterocycles. The zero-order valence-corrected chi connectivity index (χ0v) is 14.1. The summed E-state index contributed by atoms with van der Waals surface area (Å²) in [7, 11) is 2.06. The lowest BCUT2D eigenvalue weighted by Crippen LogP contribution is -2.30. The highest BCUT2D eigenvalue weighted by Crippen LogP contribution is 2.20. The van der Waals surface area contributed by atoms with Crippen LogP contribution in [-0.2, 0) is 6.42 Å². The molecule has 0 radical (unpaired) electrons. The van der Waals surface area contributed by atoms with Gasteiger partial charge in [0.25, 0.3) is 0 Å². The fourth-order valence-corrected chi connectivity index (χ4v) is 3.00. The van der Waals surface area contributed by atoms with Gasteiger partial charge in [0, 0.05) is 32.7 Å². The molecule has 5 heteroatoms. The minimum atomic E-state index is 0.703. The topological polar surface area (TPSA) is 56.1 Å². The largest absolute Gasteiger partial charge is 0.359 e. The molecule has 1 fully saturated rings. The fourth-order valence-electron chi connectivity index (χ4n) is 3.00. The number of rotatable bonds is 5. The van der Waals surface area contributed by atoms with Crippen LogP contribution in [0.2, 0.25) is 0 Å². The predicted molar refractivity (Wildman–Crippen MR) is 96.2 cm³/mol. The van der Waals surface area contributed by atoms with Crippen molar-refractivity contribution in [3.63, 3.8) is 0 Å². The molecule has 1 saturated heterocycles. The minimum absolute atomic E-state index is 0.703. The molecule has 24 heavy (non-hydrogen) atoms. The van der Waals surface area contributed by atoms with Crippen LogP contribution in [0.4, 0.5) is 11.6 Å². The average Bonchev–Trinajstić information content (AvgIpc) is 2.67. The maximum atomic E-state index is 8.85. The lowest BCUT2D eigenvalue weighted by molar-refractivity contribution is 0.573. The third-order valence-electron chi connectivity index (χ3n) is 4.53. The Labute approximate surface area is 143 Å². The maximum Gasteiger partial charge on any atom is 0.134 e. The summed E-state index contributed by atoms with van der Waals surface area (Å²) in [5.41, 5.74) is 1.93. The molecule has 0 atom stereocenters. The molecule has 1 aliphatic rings. The highest BCUT2D eigenvalue weighted by molar-refractivity contribution is 5.50. The number of likely N-dealkylation sites (N-methyl/N-ethyl adjacent to an activating group) is 1. The fraction of sp³-hybridized carbons (Fsp3) is 0.421. The summed E-state index contributed by atoms with van der Waals surface area (Å²) in [6, 6.07) is 12.0. The third-order valence-corrected chi connectivity index (χ3v) is 4.53. The minimum Gasteiger partial charge on any atom is -0.359 e. The van der Waals surface area contributed by atoms with Crippen molar-refractivity contribution in [1.82, 2.24) is 9.97 Å². The Bertz CT molecular complexity index is 698. The van der Waals surface area contributed by atoms with Gasteiger partial charge in [-0.25, -0.2) is 9.97 Å². The first-order valence-electron chi connectivity index (χ1n) is 8.53. The zero-order chi connectivity index (χ0) is 16.8. The quantitative estimate of drug-likeness (QED) is 0.847. The number of nitriles is 1. The van der Waals surface area contributed by atoms with Crippen LogP contribution in [0.5, 0.6) is 0 Å². The van der Waals surface area contributed by atoms with Crippen molar-refractivity contribution < 1.29 is 0 Å². The van der Waals surface area contributed by atoms with Gasteiger partial charge in [-0.05, 0) is 43.4 Å². The molecule has 0 unspecified atom stereocenters. The van der Waals surface area contributed by atoms with E-state index in [0.29, 0.717) is 5.56 Å². The van der Waals surface area contributed by atoms with Gasteiger partial charge in [0.1, 0.15) is 18.0 Å². The molecular weight excluding hydrogens is 298 g/mol. The van der Waals surface area contributed by atoms with Crippen molar-refractivity contribution in [3.05, 3.63) is 47.8 Å². The second kappa shape index (κ2) is 7.78. The Morgan fingerprint density at radius 2 is 1.88 bits per heavy atom. The van der Waals surface area contributed by atoms with E-state index in [2.05, 4.69) is 39.0 Å². The van der Waals surface area contributed by atoms with Crippen LogP contribution in [0.15, 0.2) is 36.7 Å². The number of nitrogens with zero attached hydrogens (tertiary/aromatic N) is 5. The van der Waals surface area contributed by atoms with Crippen LogP contribution in [0.25, 0.3) is 0 Å². The number of piperidine rings is 1. The first kappa shape index (κ1) is 16.3. The van der Waals surface area contributed by atoms with Gasteiger partial charge in [0.15, 0.2) is 0 Å². The average molecular weight is 321 g/mol. The van der Waals surface area contributed by atoms with Gasteiger partial charge >= 0.3 is 0 Å². The van der Waals surface area contributed by atoms with Crippen molar-refractivity contribution in [2.24, 2.45) is 0 Å². The molecule has 0 amide bonds. The van der Waals surface area contributed by atoms with Crippen molar-refractivity contribution in [3.8, 4) is 6.07 Å². The van der Waals surface area contributed by atoms with Gasteiger partial charge < -0.3 is 9.80 Å². The van der Waals surface area contributed by atoms with E-state index < -0.39 is 0 Å². The third kappa shape index (κ3) is 4.02. The van der Waals surface area contributed by atoms with Crippen molar-refractivity contribution in [1.29, 1.82) is 5.26 Å². The van der Waals surface area contributed by atoms with E-state index in [1.54, 1.807) is 6.33 Å². The second-order valence-electron chi connectivity index (χ2n) is 6.26. The molecule has 1 aromatic carbocycles. The Hall–Kier alpha value is -2.61. The number of benzene rings is 1. The van der Waals surface area contributed by atoms with Crippen LogP contribution in [-0.4, -0.2) is 36.6 Å². The Kier molecular flexibility index (Phi) is 5.27. The first-order chi connectivity index (χ1) is 11.8. The first-order valence-corrected chi connectivity index (χ1v) is 8.53. The van der Waals surface area contributed by atoms with Gasteiger partial charge in [-0.2, -0.15) is 5.26 Å². The predicted octanol–water partition coefficient (Wildman–Crippen LogP) is 3.02. The van der Waals surface area contributed by atoms with Crippen molar-refractivity contribution in [2.45, 2.75) is 25.7 Å². The molecule has 0 bridgehead atoms. The van der Waals surface area contributed by atoms with Crippen LogP contribution >= 0.6 is 0 Å². The molecule has 3 rings (SSSR count). The Morgan fingerprint density at radius 1 is 1.12 bits per heavy atom. The maximum absolute atomic E-state index is 8.85. The van der Waals surface area contributed by atoms with E-state index in [0.717, 1.165) is 37.7 Å². The number of aromatic nitrogens is 2. The summed E-state index contributed by atoms with van der Waals surface area (Å²) in [5.74, 6) is 1.99. The lowest BCUT2D eigenvalue weighted by Gasteiger charge is -2.28. The van der Waals surface area contributed by atoms with Crippen LogP contribution in [0.1, 0.15) is 30.4 Å². The van der Waals surface area contributed by atoms with E-state index in [-0.39, 0.29) is 0 Å². The standard InChI is InChI=1S/C19H23N5/c1-23(12-9-16-5-7-17(14-20)8-6-16)18-13-19(22-15-21-18)24-10-3-2-4-11-24/h5-8,13,15H,2-4,9-12H2,1H3.